The topological polar surface area (TPSA) is 78.9 Å². The van der Waals surface area contributed by atoms with Crippen molar-refractivity contribution < 1.29 is 28.6 Å². The summed E-state index contributed by atoms with van der Waals surface area (Å²) in [7, 11) is 0. The number of unbranched alkanes of at least 4 members (excludes halogenated alkanes) is 14. The van der Waals surface area contributed by atoms with Crippen molar-refractivity contribution in [1.82, 2.24) is 0 Å². The van der Waals surface area contributed by atoms with Crippen LogP contribution in [0.25, 0.3) is 0 Å². The lowest BCUT2D eigenvalue weighted by Gasteiger charge is -2.18. The van der Waals surface area contributed by atoms with Gasteiger partial charge in [0.2, 0.25) is 0 Å². The Morgan fingerprint density at radius 3 is 0.848 bits per heavy atom. The first kappa shape index (κ1) is 73.5. The van der Waals surface area contributed by atoms with E-state index in [0.717, 1.165) is 148 Å². The second-order valence-corrected chi connectivity index (χ2v) is 19.9. The van der Waals surface area contributed by atoms with E-state index in [-0.39, 0.29) is 31.6 Å². The molecule has 0 aromatic rings. The molecule has 79 heavy (non-hydrogen) atoms. The molecule has 0 rings (SSSR count). The molecule has 6 nitrogen and oxygen atoms in total. The molecule has 0 radical (unpaired) electrons. The largest absolute Gasteiger partial charge is 0.462 e. The minimum absolute atomic E-state index is 0.0844. The average Bonchev–Trinajstić information content (AvgIpc) is 3.45. The summed E-state index contributed by atoms with van der Waals surface area (Å²) in [4.78, 5) is 38.1. The van der Waals surface area contributed by atoms with E-state index in [9.17, 15) is 14.4 Å². The van der Waals surface area contributed by atoms with E-state index in [2.05, 4.69) is 191 Å². The predicted molar refractivity (Wildman–Crippen MR) is 343 cm³/mol. The number of ether oxygens (including phenoxy) is 3. The van der Waals surface area contributed by atoms with Crippen molar-refractivity contribution in [3.8, 4) is 0 Å². The normalized spacial score (nSPS) is 13.4. The third-order valence-electron chi connectivity index (χ3n) is 12.4. The summed E-state index contributed by atoms with van der Waals surface area (Å²) in [6.07, 6.45) is 97.9. The highest BCUT2D eigenvalue weighted by molar-refractivity contribution is 5.72. The van der Waals surface area contributed by atoms with Crippen molar-refractivity contribution in [2.75, 3.05) is 13.2 Å². The fraction of sp³-hybridized carbons (Fsp3) is 0.548. The zero-order chi connectivity index (χ0) is 57.1. The second kappa shape index (κ2) is 65.0. The van der Waals surface area contributed by atoms with Gasteiger partial charge in [0.15, 0.2) is 6.10 Å². The van der Waals surface area contributed by atoms with Gasteiger partial charge >= 0.3 is 17.9 Å². The van der Waals surface area contributed by atoms with Crippen molar-refractivity contribution in [1.29, 1.82) is 0 Å². The van der Waals surface area contributed by atoms with Crippen LogP contribution >= 0.6 is 0 Å². The molecule has 1 unspecified atom stereocenters. The molecule has 0 amide bonds. The highest BCUT2D eigenvalue weighted by atomic mass is 16.6. The van der Waals surface area contributed by atoms with Crippen molar-refractivity contribution in [2.24, 2.45) is 0 Å². The van der Waals surface area contributed by atoms with E-state index >= 15 is 0 Å². The molecule has 440 valence electrons. The average molecular weight is 1090 g/mol. The second-order valence-electron chi connectivity index (χ2n) is 19.9. The van der Waals surface area contributed by atoms with Crippen LogP contribution in [0.4, 0.5) is 0 Å². The number of rotatable bonds is 54. The number of allylic oxidation sites excluding steroid dienone is 29. The number of hydrogen-bond donors (Lipinski definition) is 0. The number of esters is 3. The Bertz CT molecular complexity index is 1870. The zero-order valence-corrected chi connectivity index (χ0v) is 50.3. The van der Waals surface area contributed by atoms with Gasteiger partial charge in [0.25, 0.3) is 0 Å². The van der Waals surface area contributed by atoms with E-state index < -0.39 is 12.1 Å². The summed E-state index contributed by atoms with van der Waals surface area (Å²) in [5, 5.41) is 0. The number of carbonyl (C=O) groups is 3. The van der Waals surface area contributed by atoms with Crippen LogP contribution in [-0.2, 0) is 28.6 Å². The summed E-state index contributed by atoms with van der Waals surface area (Å²) in [5.41, 5.74) is 0. The summed E-state index contributed by atoms with van der Waals surface area (Å²) < 4.78 is 16.7. The highest BCUT2D eigenvalue weighted by Crippen LogP contribution is 2.13. The van der Waals surface area contributed by atoms with Gasteiger partial charge in [-0.05, 0) is 135 Å². The smallest absolute Gasteiger partial charge is 0.310 e. The summed E-state index contributed by atoms with van der Waals surface area (Å²) in [5.74, 6) is -1.09. The van der Waals surface area contributed by atoms with E-state index in [1.807, 2.05) is 6.08 Å². The summed E-state index contributed by atoms with van der Waals surface area (Å²) in [6, 6.07) is 0. The van der Waals surface area contributed by atoms with Gasteiger partial charge in [-0.1, -0.05) is 267 Å². The number of hydrogen-bond acceptors (Lipinski definition) is 6. The quantitative estimate of drug-likeness (QED) is 0.0261. The fourth-order valence-corrected chi connectivity index (χ4v) is 7.78. The van der Waals surface area contributed by atoms with E-state index in [0.29, 0.717) is 19.3 Å². The van der Waals surface area contributed by atoms with Gasteiger partial charge < -0.3 is 14.2 Å². The Morgan fingerprint density at radius 2 is 0.532 bits per heavy atom. The first-order valence-electron chi connectivity index (χ1n) is 31.3. The molecular formula is C73H112O6. The van der Waals surface area contributed by atoms with Crippen LogP contribution in [0.3, 0.4) is 0 Å². The Morgan fingerprint density at radius 1 is 0.278 bits per heavy atom. The van der Waals surface area contributed by atoms with Gasteiger partial charge in [0.1, 0.15) is 13.2 Å². The Labute approximate surface area is 484 Å². The molecule has 0 spiro atoms. The maximum absolute atomic E-state index is 12.8. The lowest BCUT2D eigenvalue weighted by molar-refractivity contribution is -0.166. The third kappa shape index (κ3) is 63.2. The minimum atomic E-state index is -0.849. The van der Waals surface area contributed by atoms with Crippen LogP contribution in [0, 0.1) is 0 Å². The van der Waals surface area contributed by atoms with Crippen LogP contribution < -0.4 is 0 Å². The monoisotopic (exact) mass is 1080 g/mol. The van der Waals surface area contributed by atoms with E-state index in [4.69, 9.17) is 14.2 Å². The van der Waals surface area contributed by atoms with Crippen molar-refractivity contribution >= 4 is 17.9 Å². The molecule has 0 heterocycles. The van der Waals surface area contributed by atoms with Crippen LogP contribution in [0.2, 0.25) is 0 Å². The molecule has 0 aromatic heterocycles. The molecule has 0 saturated heterocycles. The standard InChI is InChI=1S/C73H112O6/c1-4-7-10-13-16-19-22-24-26-27-28-29-30-31-32-33-34-35-36-37-38-39-40-41-42-43-44-45-47-48-51-54-57-60-63-66-72(75)78-69-70(68-77-71(74)65-62-59-56-53-50-21-18-15-12-9-6-3)79-73(76)67-64-61-58-55-52-49-46-25-23-20-17-14-11-8-5-2/h7-8,10-11,15-20,24-26,28-29,31-32,34-35,37-38,40-41,43-44,46,52,55,61,64,70H,4-6,9,12-14,21-23,27,30,33,36,39,42,45,47-51,53-54,56-60,62-63,65-69H2,1-3H3/b10-7-,11-8-,18-15-,19-16-,20-17-,26-24-,29-28-,32-31-,35-34-,38-37-,41-40-,44-43-,46-25-,55-52-,64-61-. The van der Waals surface area contributed by atoms with Gasteiger partial charge in [-0.25, -0.2) is 0 Å². The highest BCUT2D eigenvalue weighted by Gasteiger charge is 2.19. The number of carbonyl (C=O) groups excluding carboxylic acids is 3. The lowest BCUT2D eigenvalue weighted by atomic mass is 10.1. The van der Waals surface area contributed by atoms with Crippen LogP contribution in [0.1, 0.15) is 239 Å². The minimum Gasteiger partial charge on any atom is -0.462 e. The predicted octanol–water partition coefficient (Wildman–Crippen LogP) is 21.7. The molecule has 0 aliphatic carbocycles. The molecular weight excluding hydrogens is 973 g/mol. The Kier molecular flexibility index (Phi) is 60.5. The molecule has 0 aromatic carbocycles. The van der Waals surface area contributed by atoms with Gasteiger partial charge in [-0.2, -0.15) is 0 Å². The SMILES string of the molecule is CC/C=C\C/C=C\C/C=C\C/C=C\C/C=C\C/C=C\C/C=C\C/C=C\C/C=C\CCCCCCCCCC(=O)OCC(COC(=O)CCCCCCC/C=C\CCCC)OC(=O)C/C=C\C/C=C\C/C=C\C/C=C\C/C=C\CC. The molecule has 0 aliphatic heterocycles. The zero-order valence-electron chi connectivity index (χ0n) is 50.3. The molecule has 6 heteroatoms. The van der Waals surface area contributed by atoms with Crippen LogP contribution in [-0.4, -0.2) is 37.2 Å². The van der Waals surface area contributed by atoms with Crippen molar-refractivity contribution in [3.63, 3.8) is 0 Å². The van der Waals surface area contributed by atoms with Gasteiger partial charge in [0, 0.05) is 12.8 Å². The molecule has 0 N–H and O–H groups in total. The first-order chi connectivity index (χ1) is 39.0. The molecule has 1 atom stereocenters. The molecule has 0 bridgehead atoms. The van der Waals surface area contributed by atoms with Crippen molar-refractivity contribution in [3.05, 3.63) is 182 Å². The maximum atomic E-state index is 12.8. The summed E-state index contributed by atoms with van der Waals surface area (Å²) >= 11 is 0. The molecule has 0 aliphatic rings. The fourth-order valence-electron chi connectivity index (χ4n) is 7.78. The Hall–Kier alpha value is -5.49. The first-order valence-corrected chi connectivity index (χ1v) is 31.3. The summed E-state index contributed by atoms with van der Waals surface area (Å²) in [6.45, 7) is 6.25. The lowest BCUT2D eigenvalue weighted by Crippen LogP contribution is -2.30. The van der Waals surface area contributed by atoms with Gasteiger partial charge in [-0.3, -0.25) is 14.4 Å². The van der Waals surface area contributed by atoms with E-state index in [1.54, 1.807) is 6.08 Å². The molecule has 0 fully saturated rings. The molecule has 0 saturated carbocycles. The van der Waals surface area contributed by atoms with Crippen LogP contribution in [0.15, 0.2) is 182 Å². The maximum Gasteiger partial charge on any atom is 0.310 e. The van der Waals surface area contributed by atoms with Crippen molar-refractivity contribution in [2.45, 2.75) is 245 Å². The van der Waals surface area contributed by atoms with Gasteiger partial charge in [-0.15, -0.1) is 0 Å². The third-order valence-corrected chi connectivity index (χ3v) is 12.4. The van der Waals surface area contributed by atoms with Crippen LogP contribution in [0.5, 0.6) is 0 Å². The van der Waals surface area contributed by atoms with Gasteiger partial charge in [0.05, 0.1) is 6.42 Å². The van der Waals surface area contributed by atoms with E-state index in [1.165, 1.54) is 44.9 Å². The Balaban J connectivity index is 4.32.